The van der Waals surface area contributed by atoms with Gasteiger partial charge >= 0.3 is 0 Å². The van der Waals surface area contributed by atoms with E-state index in [1.807, 2.05) is 0 Å². The van der Waals surface area contributed by atoms with Gasteiger partial charge in [0.15, 0.2) is 0 Å². The minimum absolute atomic E-state index is 0.163. The molecule has 3 nitrogen and oxygen atoms in total. The molecule has 0 amide bonds. The van der Waals surface area contributed by atoms with Crippen molar-refractivity contribution >= 4 is 0 Å². The fraction of sp³-hybridized carbons (Fsp3) is 0.600. The van der Waals surface area contributed by atoms with Crippen LogP contribution < -0.4 is 0 Å². The van der Waals surface area contributed by atoms with Crippen LogP contribution in [0.25, 0.3) is 0 Å². The molecule has 0 aliphatic carbocycles. The van der Waals surface area contributed by atoms with Gasteiger partial charge in [0.25, 0.3) is 0 Å². The molecule has 2 unspecified atom stereocenters. The van der Waals surface area contributed by atoms with E-state index in [4.69, 9.17) is 5.11 Å². The van der Waals surface area contributed by atoms with Gasteiger partial charge in [-0.2, -0.15) is 0 Å². The van der Waals surface area contributed by atoms with Crippen LogP contribution in [0.4, 0.5) is 4.39 Å². The Morgan fingerprint density at radius 1 is 0.895 bits per heavy atom. The Balaban J connectivity index is 2.19. The number of hydrogen-bond donors (Lipinski definition) is 3. The minimum Gasteiger partial charge on any atom is -0.396 e. The molecule has 4 heteroatoms. The molecule has 0 aliphatic heterocycles. The number of benzene rings is 1. The molecule has 1 rings (SSSR count). The van der Waals surface area contributed by atoms with Crippen molar-refractivity contribution in [3.63, 3.8) is 0 Å². The molecule has 0 saturated heterocycles. The number of aliphatic hydroxyl groups excluding tert-OH is 3. The summed E-state index contributed by atoms with van der Waals surface area (Å²) in [7, 11) is 0. The molecule has 0 heterocycles. The zero-order valence-electron chi connectivity index (χ0n) is 11.1. The second kappa shape index (κ2) is 9.02. The Labute approximate surface area is 113 Å². The lowest BCUT2D eigenvalue weighted by Gasteiger charge is -2.13. The normalized spacial score (nSPS) is 14.3. The monoisotopic (exact) mass is 270 g/mol. The summed E-state index contributed by atoms with van der Waals surface area (Å²) in [6.07, 6.45) is 3.17. The first-order chi connectivity index (χ1) is 9.13. The Morgan fingerprint density at radius 2 is 1.53 bits per heavy atom. The average Bonchev–Trinajstić information content (AvgIpc) is 2.39. The van der Waals surface area contributed by atoms with Gasteiger partial charge in [-0.15, -0.1) is 0 Å². The first-order valence-corrected chi connectivity index (χ1v) is 6.86. The zero-order chi connectivity index (χ0) is 14.1. The van der Waals surface area contributed by atoms with Gasteiger partial charge in [0.1, 0.15) is 5.82 Å². The Bertz CT molecular complexity index is 340. The minimum atomic E-state index is -0.606. The third-order valence-electron chi connectivity index (χ3n) is 3.22. The van der Waals surface area contributed by atoms with E-state index in [9.17, 15) is 14.6 Å². The van der Waals surface area contributed by atoms with Crippen LogP contribution in [-0.2, 0) is 0 Å². The van der Waals surface area contributed by atoms with Crippen molar-refractivity contribution in [3.05, 3.63) is 35.6 Å². The lowest BCUT2D eigenvalue weighted by atomic mass is 10.0. The highest BCUT2D eigenvalue weighted by molar-refractivity contribution is 5.18. The van der Waals surface area contributed by atoms with Gasteiger partial charge in [0.05, 0.1) is 12.2 Å². The van der Waals surface area contributed by atoms with Crippen molar-refractivity contribution in [1.29, 1.82) is 0 Å². The highest BCUT2D eigenvalue weighted by Crippen LogP contribution is 2.20. The van der Waals surface area contributed by atoms with Crippen LogP contribution in [0.15, 0.2) is 24.3 Å². The molecule has 0 fully saturated rings. The Hall–Kier alpha value is -0.970. The quantitative estimate of drug-likeness (QED) is 0.604. The smallest absolute Gasteiger partial charge is 0.123 e. The van der Waals surface area contributed by atoms with Crippen LogP contribution in [0, 0.1) is 5.82 Å². The van der Waals surface area contributed by atoms with Crippen molar-refractivity contribution < 1.29 is 19.7 Å². The van der Waals surface area contributed by atoms with E-state index >= 15 is 0 Å². The summed E-state index contributed by atoms with van der Waals surface area (Å²) in [6, 6.07) is 5.83. The Morgan fingerprint density at radius 3 is 2.16 bits per heavy atom. The second-order valence-electron chi connectivity index (χ2n) is 4.87. The van der Waals surface area contributed by atoms with Crippen molar-refractivity contribution in [2.24, 2.45) is 0 Å². The van der Waals surface area contributed by atoms with Crippen LogP contribution in [0.3, 0.4) is 0 Å². The fourth-order valence-corrected chi connectivity index (χ4v) is 2.03. The predicted octanol–water partition coefficient (Wildman–Crippen LogP) is 2.55. The summed E-state index contributed by atoms with van der Waals surface area (Å²) in [5.74, 6) is -0.310. The summed E-state index contributed by atoms with van der Waals surface area (Å²) < 4.78 is 12.7. The molecule has 0 aliphatic rings. The third kappa shape index (κ3) is 6.66. The number of aliphatic hydroxyl groups is 3. The van der Waals surface area contributed by atoms with Crippen molar-refractivity contribution in [1.82, 2.24) is 0 Å². The molecule has 1 aromatic rings. The fourth-order valence-electron chi connectivity index (χ4n) is 2.03. The molecule has 1 aromatic carbocycles. The second-order valence-corrected chi connectivity index (χ2v) is 4.87. The van der Waals surface area contributed by atoms with Crippen molar-refractivity contribution in [3.8, 4) is 0 Å². The molecule has 0 saturated carbocycles. The van der Waals surface area contributed by atoms with Crippen LogP contribution in [0.2, 0.25) is 0 Å². The van der Waals surface area contributed by atoms with Crippen LogP contribution in [0.5, 0.6) is 0 Å². The number of halogens is 1. The van der Waals surface area contributed by atoms with Gasteiger partial charge in [-0.1, -0.05) is 12.1 Å². The van der Waals surface area contributed by atoms with E-state index in [2.05, 4.69) is 0 Å². The molecule has 0 aromatic heterocycles. The van der Waals surface area contributed by atoms with E-state index < -0.39 is 6.10 Å². The first-order valence-electron chi connectivity index (χ1n) is 6.86. The molecule has 108 valence electrons. The van der Waals surface area contributed by atoms with E-state index in [0.29, 0.717) is 24.8 Å². The van der Waals surface area contributed by atoms with Crippen LogP contribution in [-0.4, -0.2) is 28.0 Å². The zero-order valence-corrected chi connectivity index (χ0v) is 11.1. The SMILES string of the molecule is OCCCCC(O)CCCC(O)c1ccc(F)cc1. The summed E-state index contributed by atoms with van der Waals surface area (Å²) in [5.41, 5.74) is 0.705. The molecule has 3 N–H and O–H groups in total. The summed E-state index contributed by atoms with van der Waals surface area (Å²) in [4.78, 5) is 0. The predicted molar refractivity (Wildman–Crippen MR) is 72.2 cm³/mol. The lowest BCUT2D eigenvalue weighted by Crippen LogP contribution is -2.07. The molecular formula is C15H23FO3. The highest BCUT2D eigenvalue weighted by atomic mass is 19.1. The molecule has 0 bridgehead atoms. The van der Waals surface area contributed by atoms with Crippen LogP contribution in [0.1, 0.15) is 50.2 Å². The lowest BCUT2D eigenvalue weighted by molar-refractivity contribution is 0.126. The van der Waals surface area contributed by atoms with E-state index in [1.54, 1.807) is 12.1 Å². The maximum Gasteiger partial charge on any atom is 0.123 e. The standard InChI is InChI=1S/C15H23FO3/c16-13-9-7-12(8-10-13)15(19)6-3-5-14(18)4-1-2-11-17/h7-10,14-15,17-19H,1-6,11H2. The first kappa shape index (κ1) is 16.1. The van der Waals surface area contributed by atoms with Crippen molar-refractivity contribution in [2.75, 3.05) is 6.61 Å². The summed E-state index contributed by atoms with van der Waals surface area (Å²) in [6.45, 7) is 0.163. The van der Waals surface area contributed by atoms with Gasteiger partial charge in [0, 0.05) is 6.61 Å². The molecule has 0 radical (unpaired) electrons. The van der Waals surface area contributed by atoms with Gasteiger partial charge in [-0.3, -0.25) is 0 Å². The number of unbranched alkanes of at least 4 members (excludes halogenated alkanes) is 1. The van der Waals surface area contributed by atoms with Crippen molar-refractivity contribution in [2.45, 2.75) is 50.7 Å². The largest absolute Gasteiger partial charge is 0.396 e. The van der Waals surface area contributed by atoms with Gasteiger partial charge < -0.3 is 15.3 Å². The van der Waals surface area contributed by atoms with E-state index in [0.717, 1.165) is 19.3 Å². The number of hydrogen-bond acceptors (Lipinski definition) is 3. The number of rotatable bonds is 9. The van der Waals surface area contributed by atoms with E-state index in [-0.39, 0.29) is 18.5 Å². The maximum atomic E-state index is 12.7. The Kier molecular flexibility index (Phi) is 7.63. The molecule has 19 heavy (non-hydrogen) atoms. The summed E-state index contributed by atoms with van der Waals surface area (Å²) >= 11 is 0. The van der Waals surface area contributed by atoms with Crippen LogP contribution >= 0.6 is 0 Å². The molecule has 2 atom stereocenters. The van der Waals surface area contributed by atoms with Gasteiger partial charge in [-0.05, 0) is 56.2 Å². The van der Waals surface area contributed by atoms with Gasteiger partial charge in [0.2, 0.25) is 0 Å². The topological polar surface area (TPSA) is 60.7 Å². The molecule has 0 spiro atoms. The van der Waals surface area contributed by atoms with E-state index in [1.165, 1.54) is 12.1 Å². The average molecular weight is 270 g/mol. The maximum absolute atomic E-state index is 12.7. The summed E-state index contributed by atoms with van der Waals surface area (Å²) in [5, 5.41) is 28.2. The third-order valence-corrected chi connectivity index (χ3v) is 3.22. The molecular weight excluding hydrogens is 247 g/mol. The highest BCUT2D eigenvalue weighted by Gasteiger charge is 2.09. The van der Waals surface area contributed by atoms with Gasteiger partial charge in [-0.25, -0.2) is 4.39 Å².